The van der Waals surface area contributed by atoms with Gasteiger partial charge in [0.15, 0.2) is 10.7 Å². The number of thiocarbonyl (C=S) groups is 1. The molecule has 4 rings (SSSR count). The van der Waals surface area contributed by atoms with Crippen molar-refractivity contribution >= 4 is 46.1 Å². The average molecular weight is 486 g/mol. The van der Waals surface area contributed by atoms with Gasteiger partial charge in [0.05, 0.1) is 7.11 Å². The number of oxazole rings is 1. The van der Waals surface area contributed by atoms with Crippen LogP contribution in [0.15, 0.2) is 77.2 Å². The molecule has 0 unspecified atom stereocenters. The maximum absolute atomic E-state index is 12.2. The van der Waals surface area contributed by atoms with E-state index in [0.29, 0.717) is 11.8 Å². The molecular formula is C28H27N3O3S. The van der Waals surface area contributed by atoms with Crippen molar-refractivity contribution in [1.82, 2.24) is 10.3 Å². The maximum Gasteiger partial charge on any atom is 0.250 e. The van der Waals surface area contributed by atoms with Gasteiger partial charge in [0.2, 0.25) is 11.8 Å². The number of carbonyl (C=O) groups excluding carboxylic acids is 1. The highest BCUT2D eigenvalue weighted by Gasteiger charge is 2.11. The van der Waals surface area contributed by atoms with Gasteiger partial charge in [-0.3, -0.25) is 10.1 Å². The second-order valence-corrected chi connectivity index (χ2v) is 8.59. The molecule has 0 bridgehead atoms. The predicted octanol–water partition coefficient (Wildman–Crippen LogP) is 6.54. The number of ether oxygens (including phenoxy) is 1. The summed E-state index contributed by atoms with van der Waals surface area (Å²) in [5.74, 6) is 1.48. The van der Waals surface area contributed by atoms with Crippen molar-refractivity contribution in [2.75, 3.05) is 12.4 Å². The lowest BCUT2D eigenvalue weighted by Crippen LogP contribution is -2.32. The van der Waals surface area contributed by atoms with Crippen LogP contribution in [0.2, 0.25) is 0 Å². The largest absolute Gasteiger partial charge is 0.497 e. The zero-order chi connectivity index (χ0) is 24.8. The van der Waals surface area contributed by atoms with E-state index in [0.717, 1.165) is 40.1 Å². The Morgan fingerprint density at radius 3 is 2.54 bits per heavy atom. The molecule has 0 aliphatic heterocycles. The first kappa shape index (κ1) is 24.2. The van der Waals surface area contributed by atoms with Gasteiger partial charge in [-0.15, -0.1) is 0 Å². The molecule has 1 atom stereocenters. The van der Waals surface area contributed by atoms with Crippen LogP contribution >= 0.6 is 12.2 Å². The highest BCUT2D eigenvalue weighted by molar-refractivity contribution is 7.80. The zero-order valence-electron chi connectivity index (χ0n) is 19.9. The summed E-state index contributed by atoms with van der Waals surface area (Å²) in [6, 6.07) is 21.1. The van der Waals surface area contributed by atoms with Crippen molar-refractivity contribution in [1.29, 1.82) is 0 Å². The molecule has 35 heavy (non-hydrogen) atoms. The third-order valence-electron chi connectivity index (χ3n) is 5.76. The molecule has 1 heterocycles. The fourth-order valence-corrected chi connectivity index (χ4v) is 3.73. The third kappa shape index (κ3) is 6.13. The Balaban J connectivity index is 1.35. The number of amides is 1. The lowest BCUT2D eigenvalue weighted by Gasteiger charge is -2.08. The quantitative estimate of drug-likeness (QED) is 0.229. The number of nitrogens with zero attached hydrogens (tertiary/aromatic N) is 1. The van der Waals surface area contributed by atoms with E-state index >= 15 is 0 Å². The molecule has 0 saturated carbocycles. The minimum absolute atomic E-state index is 0.210. The van der Waals surface area contributed by atoms with E-state index in [1.54, 1.807) is 13.2 Å². The topological polar surface area (TPSA) is 76.4 Å². The van der Waals surface area contributed by atoms with Gasteiger partial charge in [0.1, 0.15) is 11.3 Å². The summed E-state index contributed by atoms with van der Waals surface area (Å²) in [7, 11) is 1.61. The Kier molecular flexibility index (Phi) is 7.57. The standard InChI is InChI=1S/C28H27N3O3S/c1-4-18(2)21-10-15-25-24(17-21)30-27(34-25)20-8-11-22(12-9-20)29-28(35)31-26(32)16-7-19-5-13-23(33-3)14-6-19/h5-18H,4H2,1-3H3,(H2,29,31,32,35)/b16-7+/t18-/m0/s1. The number of nitrogens with one attached hydrogen (secondary N) is 2. The van der Waals surface area contributed by atoms with E-state index < -0.39 is 0 Å². The van der Waals surface area contributed by atoms with Crippen molar-refractivity contribution in [3.63, 3.8) is 0 Å². The van der Waals surface area contributed by atoms with E-state index in [1.807, 2.05) is 54.6 Å². The number of aromatic nitrogens is 1. The van der Waals surface area contributed by atoms with E-state index in [4.69, 9.17) is 21.4 Å². The van der Waals surface area contributed by atoms with Gasteiger partial charge >= 0.3 is 0 Å². The number of anilines is 1. The zero-order valence-corrected chi connectivity index (χ0v) is 20.7. The third-order valence-corrected chi connectivity index (χ3v) is 5.97. The van der Waals surface area contributed by atoms with Crippen LogP contribution in [0.1, 0.15) is 37.3 Å². The Bertz CT molecular complexity index is 1360. The lowest BCUT2D eigenvalue weighted by atomic mass is 9.98. The molecule has 178 valence electrons. The molecule has 3 aromatic carbocycles. The van der Waals surface area contributed by atoms with Crippen LogP contribution < -0.4 is 15.4 Å². The number of benzene rings is 3. The Morgan fingerprint density at radius 1 is 1.11 bits per heavy atom. The summed E-state index contributed by atoms with van der Waals surface area (Å²) >= 11 is 5.26. The van der Waals surface area contributed by atoms with Crippen molar-refractivity contribution in [3.8, 4) is 17.2 Å². The monoisotopic (exact) mass is 485 g/mol. The fourth-order valence-electron chi connectivity index (χ4n) is 3.51. The summed E-state index contributed by atoms with van der Waals surface area (Å²) in [6.07, 6.45) is 4.21. The van der Waals surface area contributed by atoms with Crippen LogP contribution in [-0.2, 0) is 4.79 Å². The van der Waals surface area contributed by atoms with Gasteiger partial charge in [-0.1, -0.05) is 32.0 Å². The molecule has 0 saturated heterocycles. The number of hydrogen-bond donors (Lipinski definition) is 2. The summed E-state index contributed by atoms with van der Waals surface area (Å²) in [6.45, 7) is 4.38. The number of hydrogen-bond acceptors (Lipinski definition) is 5. The summed E-state index contributed by atoms with van der Waals surface area (Å²) < 4.78 is 11.1. The lowest BCUT2D eigenvalue weighted by molar-refractivity contribution is -0.115. The molecule has 2 N–H and O–H groups in total. The second-order valence-electron chi connectivity index (χ2n) is 8.18. The smallest absolute Gasteiger partial charge is 0.250 e. The fraction of sp³-hybridized carbons (Fsp3) is 0.179. The van der Waals surface area contributed by atoms with Gasteiger partial charge in [-0.2, -0.15) is 0 Å². The van der Waals surface area contributed by atoms with Crippen molar-refractivity contribution in [3.05, 3.63) is 83.9 Å². The van der Waals surface area contributed by atoms with Crippen LogP contribution in [0.25, 0.3) is 28.6 Å². The first-order chi connectivity index (χ1) is 16.9. The van der Waals surface area contributed by atoms with Gasteiger partial charge in [0.25, 0.3) is 0 Å². The van der Waals surface area contributed by atoms with Gasteiger partial charge in [-0.05, 0) is 90.3 Å². The van der Waals surface area contributed by atoms with Crippen LogP contribution in [0.3, 0.4) is 0 Å². The maximum atomic E-state index is 12.2. The molecule has 0 fully saturated rings. The first-order valence-electron chi connectivity index (χ1n) is 11.4. The Morgan fingerprint density at radius 2 is 1.86 bits per heavy atom. The van der Waals surface area contributed by atoms with Gasteiger partial charge in [0, 0.05) is 17.3 Å². The molecule has 7 heteroatoms. The first-order valence-corrected chi connectivity index (χ1v) is 11.8. The highest BCUT2D eigenvalue weighted by Crippen LogP contribution is 2.28. The van der Waals surface area contributed by atoms with Crippen molar-refractivity contribution in [2.24, 2.45) is 0 Å². The van der Waals surface area contributed by atoms with Crippen LogP contribution in [0.4, 0.5) is 5.69 Å². The van der Waals surface area contributed by atoms with E-state index in [1.165, 1.54) is 11.6 Å². The predicted molar refractivity (Wildman–Crippen MR) is 145 cm³/mol. The Labute approximate surface area is 210 Å². The summed E-state index contributed by atoms with van der Waals surface area (Å²) in [4.78, 5) is 16.8. The van der Waals surface area contributed by atoms with Crippen LogP contribution in [0, 0.1) is 0 Å². The van der Waals surface area contributed by atoms with E-state index in [9.17, 15) is 4.79 Å². The molecule has 6 nitrogen and oxygen atoms in total. The molecule has 0 aliphatic rings. The summed E-state index contributed by atoms with van der Waals surface area (Å²) in [5, 5.41) is 5.87. The van der Waals surface area contributed by atoms with Crippen LogP contribution in [0.5, 0.6) is 5.75 Å². The summed E-state index contributed by atoms with van der Waals surface area (Å²) in [5.41, 5.74) is 5.36. The minimum Gasteiger partial charge on any atom is -0.497 e. The molecule has 1 amide bonds. The average Bonchev–Trinajstić information content (AvgIpc) is 3.31. The number of fused-ring (bicyclic) bond motifs is 1. The highest BCUT2D eigenvalue weighted by atomic mass is 32.1. The van der Waals surface area contributed by atoms with Crippen molar-refractivity contribution < 1.29 is 13.9 Å². The number of methoxy groups -OCH3 is 1. The molecule has 0 spiro atoms. The van der Waals surface area contributed by atoms with E-state index in [-0.39, 0.29) is 11.0 Å². The van der Waals surface area contributed by atoms with Gasteiger partial charge < -0.3 is 14.5 Å². The van der Waals surface area contributed by atoms with E-state index in [2.05, 4.69) is 41.6 Å². The Hall–Kier alpha value is -3.97. The van der Waals surface area contributed by atoms with Crippen molar-refractivity contribution in [2.45, 2.75) is 26.2 Å². The molecule has 0 aliphatic carbocycles. The minimum atomic E-state index is -0.321. The molecule has 4 aromatic rings. The SMILES string of the molecule is CC[C@H](C)c1ccc2oc(-c3ccc(NC(=S)NC(=O)/C=C/c4ccc(OC)cc4)cc3)nc2c1. The normalized spacial score (nSPS) is 12.0. The van der Waals surface area contributed by atoms with Gasteiger partial charge in [-0.25, -0.2) is 4.98 Å². The number of rotatable bonds is 7. The molecule has 1 aromatic heterocycles. The molecule has 0 radical (unpaired) electrons. The van der Waals surface area contributed by atoms with Crippen LogP contribution in [-0.4, -0.2) is 23.1 Å². The number of carbonyl (C=O) groups is 1. The molecular weight excluding hydrogens is 458 g/mol. The second kappa shape index (κ2) is 11.0.